The summed E-state index contributed by atoms with van der Waals surface area (Å²) in [5, 5.41) is 15.9. The largest absolute Gasteiger partial charge is 0.476 e. The van der Waals surface area contributed by atoms with Crippen LogP contribution in [0.5, 0.6) is 0 Å². The van der Waals surface area contributed by atoms with Crippen LogP contribution in [0.1, 0.15) is 38.2 Å². The molecule has 0 bridgehead atoms. The molecule has 0 aliphatic carbocycles. The highest BCUT2D eigenvalue weighted by Crippen LogP contribution is 2.28. The van der Waals surface area contributed by atoms with Crippen LogP contribution in [0.2, 0.25) is 0 Å². The monoisotopic (exact) mass is 296 g/mol. The first-order chi connectivity index (χ1) is 9.58. The van der Waals surface area contributed by atoms with Gasteiger partial charge in [0.05, 0.1) is 17.4 Å². The van der Waals surface area contributed by atoms with Crippen LogP contribution in [-0.4, -0.2) is 61.2 Å². The molecule has 1 aromatic heterocycles. The van der Waals surface area contributed by atoms with Crippen LogP contribution in [0.4, 0.5) is 0 Å². The van der Waals surface area contributed by atoms with E-state index in [9.17, 15) is 9.59 Å². The first-order valence-electron chi connectivity index (χ1n) is 6.69. The Labute approximate surface area is 122 Å². The van der Waals surface area contributed by atoms with E-state index >= 15 is 0 Å². The van der Waals surface area contributed by atoms with Crippen molar-refractivity contribution in [3.63, 3.8) is 0 Å². The van der Waals surface area contributed by atoms with E-state index in [2.05, 4.69) is 10.3 Å². The molecular formula is C13H20N4O4. The molecule has 8 nitrogen and oxygen atoms in total. The topological polar surface area (TPSA) is 97.6 Å². The van der Waals surface area contributed by atoms with Gasteiger partial charge in [0, 0.05) is 13.1 Å². The zero-order valence-electron chi connectivity index (χ0n) is 12.7. The number of amides is 1. The van der Waals surface area contributed by atoms with Crippen molar-refractivity contribution in [2.24, 2.45) is 0 Å². The van der Waals surface area contributed by atoms with Crippen molar-refractivity contribution in [1.29, 1.82) is 0 Å². The van der Waals surface area contributed by atoms with Crippen LogP contribution in [0.3, 0.4) is 0 Å². The number of hydrogen-bond acceptors (Lipinski definition) is 5. The van der Waals surface area contributed by atoms with Gasteiger partial charge in [-0.1, -0.05) is 5.21 Å². The predicted molar refractivity (Wildman–Crippen MR) is 72.8 cm³/mol. The van der Waals surface area contributed by atoms with Gasteiger partial charge in [0.15, 0.2) is 5.69 Å². The van der Waals surface area contributed by atoms with Gasteiger partial charge in [-0.2, -0.15) is 0 Å². The van der Waals surface area contributed by atoms with E-state index in [4.69, 9.17) is 9.84 Å². The van der Waals surface area contributed by atoms with E-state index in [-0.39, 0.29) is 18.1 Å². The lowest BCUT2D eigenvalue weighted by Gasteiger charge is -2.47. The van der Waals surface area contributed by atoms with Gasteiger partial charge in [-0.05, 0) is 27.7 Å². The number of nitrogens with zero attached hydrogens (tertiary/aromatic N) is 4. The van der Waals surface area contributed by atoms with Gasteiger partial charge in [0.2, 0.25) is 5.91 Å². The molecule has 1 N–H and O–H groups in total. The Kier molecular flexibility index (Phi) is 3.75. The second kappa shape index (κ2) is 5.10. The van der Waals surface area contributed by atoms with Gasteiger partial charge < -0.3 is 14.7 Å². The lowest BCUT2D eigenvalue weighted by molar-refractivity contribution is -0.188. The number of morpholine rings is 1. The molecule has 2 heterocycles. The van der Waals surface area contributed by atoms with Crippen LogP contribution in [-0.2, 0) is 16.1 Å². The highest BCUT2D eigenvalue weighted by atomic mass is 16.5. The van der Waals surface area contributed by atoms with Gasteiger partial charge in [0.25, 0.3) is 0 Å². The number of rotatable bonds is 3. The van der Waals surface area contributed by atoms with Crippen molar-refractivity contribution < 1.29 is 19.4 Å². The van der Waals surface area contributed by atoms with E-state index < -0.39 is 17.2 Å². The Morgan fingerprint density at radius 2 is 1.86 bits per heavy atom. The molecule has 0 radical (unpaired) electrons. The molecular weight excluding hydrogens is 276 g/mol. The third-order valence-electron chi connectivity index (χ3n) is 3.10. The number of hydrogen-bond donors (Lipinski definition) is 1. The van der Waals surface area contributed by atoms with E-state index in [0.29, 0.717) is 13.1 Å². The highest BCUT2D eigenvalue weighted by Gasteiger charge is 2.39. The maximum absolute atomic E-state index is 12.4. The maximum atomic E-state index is 12.4. The average molecular weight is 296 g/mol. The first-order valence-corrected chi connectivity index (χ1v) is 6.69. The highest BCUT2D eigenvalue weighted by molar-refractivity contribution is 5.84. The summed E-state index contributed by atoms with van der Waals surface area (Å²) < 4.78 is 7.16. The lowest BCUT2D eigenvalue weighted by Crippen LogP contribution is -2.59. The number of carbonyl (C=O) groups excluding carboxylic acids is 1. The Morgan fingerprint density at radius 3 is 2.33 bits per heavy atom. The smallest absolute Gasteiger partial charge is 0.358 e. The van der Waals surface area contributed by atoms with Crippen molar-refractivity contribution in [2.45, 2.75) is 45.4 Å². The van der Waals surface area contributed by atoms with Gasteiger partial charge >= 0.3 is 5.97 Å². The van der Waals surface area contributed by atoms with Crippen molar-refractivity contribution >= 4 is 11.9 Å². The van der Waals surface area contributed by atoms with Gasteiger partial charge in [-0.15, -0.1) is 5.10 Å². The van der Waals surface area contributed by atoms with Crippen molar-refractivity contribution in [1.82, 2.24) is 19.9 Å². The van der Waals surface area contributed by atoms with Gasteiger partial charge in [0.1, 0.15) is 6.54 Å². The third-order valence-corrected chi connectivity index (χ3v) is 3.10. The molecule has 0 saturated carbocycles. The Morgan fingerprint density at radius 1 is 1.29 bits per heavy atom. The standard InChI is InChI=1S/C13H20N4O4/c1-12(2)7-16(8-13(3,4)21-12)10(18)6-17-5-9(11(19)20)14-15-17/h5H,6-8H2,1-4H3,(H,19,20). The summed E-state index contributed by atoms with van der Waals surface area (Å²) in [4.78, 5) is 24.8. The van der Waals surface area contributed by atoms with Gasteiger partial charge in [-0.25, -0.2) is 9.48 Å². The van der Waals surface area contributed by atoms with Crippen molar-refractivity contribution in [2.75, 3.05) is 13.1 Å². The molecule has 1 saturated heterocycles. The maximum Gasteiger partial charge on any atom is 0.358 e. The second-order valence-corrected chi connectivity index (χ2v) is 6.48. The average Bonchev–Trinajstić information content (AvgIpc) is 2.73. The number of aromatic nitrogens is 3. The lowest BCUT2D eigenvalue weighted by atomic mass is 9.99. The minimum Gasteiger partial charge on any atom is -0.476 e. The molecule has 0 aromatic carbocycles. The van der Waals surface area contributed by atoms with Gasteiger partial charge in [-0.3, -0.25) is 4.79 Å². The quantitative estimate of drug-likeness (QED) is 0.866. The van der Waals surface area contributed by atoms with Crippen LogP contribution in [0, 0.1) is 0 Å². The third kappa shape index (κ3) is 3.78. The number of aromatic carboxylic acids is 1. The summed E-state index contributed by atoms with van der Waals surface area (Å²) in [6.07, 6.45) is 1.25. The molecule has 2 rings (SSSR count). The Bertz CT molecular complexity index is 548. The van der Waals surface area contributed by atoms with Crippen LogP contribution >= 0.6 is 0 Å². The summed E-state index contributed by atoms with van der Waals surface area (Å²) in [5.41, 5.74) is -1.02. The number of carbonyl (C=O) groups is 2. The van der Waals surface area contributed by atoms with E-state index in [1.807, 2.05) is 27.7 Å². The Balaban J connectivity index is 2.07. The van der Waals surface area contributed by atoms with E-state index in [0.717, 1.165) is 0 Å². The zero-order valence-corrected chi connectivity index (χ0v) is 12.7. The molecule has 116 valence electrons. The normalized spacial score (nSPS) is 20.3. The van der Waals surface area contributed by atoms with Crippen molar-refractivity contribution in [3.05, 3.63) is 11.9 Å². The molecule has 21 heavy (non-hydrogen) atoms. The molecule has 1 amide bonds. The molecule has 0 spiro atoms. The number of ether oxygens (including phenoxy) is 1. The summed E-state index contributed by atoms with van der Waals surface area (Å²) in [6, 6.07) is 0. The summed E-state index contributed by atoms with van der Waals surface area (Å²) in [5.74, 6) is -1.30. The fourth-order valence-electron chi connectivity index (χ4n) is 2.68. The van der Waals surface area contributed by atoms with Crippen molar-refractivity contribution in [3.8, 4) is 0 Å². The molecule has 1 aliphatic heterocycles. The molecule has 1 fully saturated rings. The summed E-state index contributed by atoms with van der Waals surface area (Å²) in [6.45, 7) is 8.68. The summed E-state index contributed by atoms with van der Waals surface area (Å²) >= 11 is 0. The molecule has 1 aromatic rings. The minimum absolute atomic E-state index is 0.0353. The summed E-state index contributed by atoms with van der Waals surface area (Å²) in [7, 11) is 0. The number of carboxylic acids is 1. The molecule has 8 heteroatoms. The van der Waals surface area contributed by atoms with E-state index in [1.165, 1.54) is 10.9 Å². The molecule has 1 aliphatic rings. The molecule has 0 atom stereocenters. The predicted octanol–water partition coefficient (Wildman–Crippen LogP) is 0.392. The second-order valence-electron chi connectivity index (χ2n) is 6.48. The number of carboxylic acid groups (broad SMARTS) is 1. The van der Waals surface area contributed by atoms with E-state index in [1.54, 1.807) is 4.90 Å². The minimum atomic E-state index is -1.16. The van der Waals surface area contributed by atoms with Crippen LogP contribution < -0.4 is 0 Å². The SMILES string of the molecule is CC1(C)CN(C(=O)Cn2cc(C(=O)O)nn2)CC(C)(C)O1. The fourth-order valence-corrected chi connectivity index (χ4v) is 2.68. The fraction of sp³-hybridized carbons (Fsp3) is 0.692. The first kappa shape index (κ1) is 15.4. The van der Waals surface area contributed by atoms with Crippen LogP contribution in [0.25, 0.3) is 0 Å². The molecule has 0 unspecified atom stereocenters. The van der Waals surface area contributed by atoms with Crippen LogP contribution in [0.15, 0.2) is 6.20 Å². The Hall–Kier alpha value is -1.96. The zero-order chi connectivity index (χ0) is 15.8.